The first-order valence-electron chi connectivity index (χ1n) is 6.06. The molecule has 0 saturated heterocycles. The molecule has 1 aromatic rings. The molecule has 0 aliphatic heterocycles. The fraction of sp³-hybridized carbons (Fsp3) is 0.500. The molecule has 0 spiro atoms. The summed E-state index contributed by atoms with van der Waals surface area (Å²) in [4.78, 5) is 11.6. The van der Waals surface area contributed by atoms with Crippen molar-refractivity contribution in [1.82, 2.24) is 0 Å². The Labute approximate surface area is 111 Å². The number of unbranched alkanes of at least 4 members (excludes halogenated alkanes) is 1. The molecular formula is C14H19BrO2. The van der Waals surface area contributed by atoms with Gasteiger partial charge in [0.2, 0.25) is 0 Å². The number of carbonyl (C=O) groups is 1. The molecule has 0 aromatic heterocycles. The van der Waals surface area contributed by atoms with Crippen molar-refractivity contribution in [2.45, 2.75) is 32.6 Å². The van der Waals surface area contributed by atoms with Gasteiger partial charge < -0.3 is 4.74 Å². The Morgan fingerprint density at radius 3 is 2.59 bits per heavy atom. The van der Waals surface area contributed by atoms with Gasteiger partial charge >= 0.3 is 0 Å². The number of hydrogen-bond donors (Lipinski definition) is 0. The minimum atomic E-state index is 0.240. The second-order valence-corrected chi connectivity index (χ2v) is 4.97. The van der Waals surface area contributed by atoms with E-state index in [9.17, 15) is 4.79 Å². The first-order valence-corrected chi connectivity index (χ1v) is 6.85. The van der Waals surface area contributed by atoms with Crippen molar-refractivity contribution in [2.24, 2.45) is 0 Å². The lowest BCUT2D eigenvalue weighted by Gasteiger charge is -2.03. The third-order valence-corrected chi connectivity index (χ3v) is 3.01. The molecule has 1 rings (SSSR count). The van der Waals surface area contributed by atoms with Crippen molar-refractivity contribution in [3.63, 3.8) is 0 Å². The Morgan fingerprint density at radius 2 is 1.94 bits per heavy atom. The second kappa shape index (κ2) is 8.43. The summed E-state index contributed by atoms with van der Waals surface area (Å²) in [6.07, 6.45) is 3.22. The van der Waals surface area contributed by atoms with E-state index in [-0.39, 0.29) is 5.78 Å². The van der Waals surface area contributed by atoms with Gasteiger partial charge in [0.05, 0.1) is 6.61 Å². The van der Waals surface area contributed by atoms with Crippen LogP contribution in [-0.4, -0.2) is 19.0 Å². The number of carbonyl (C=O) groups excluding carboxylic acids is 1. The van der Waals surface area contributed by atoms with E-state index in [1.807, 2.05) is 24.3 Å². The zero-order valence-electron chi connectivity index (χ0n) is 10.2. The molecule has 3 heteroatoms. The van der Waals surface area contributed by atoms with Gasteiger partial charge in [-0.15, -0.1) is 0 Å². The van der Waals surface area contributed by atoms with Crippen LogP contribution in [0, 0.1) is 0 Å². The Balaban J connectivity index is 2.18. The van der Waals surface area contributed by atoms with Crippen LogP contribution < -0.4 is 0 Å². The average molecular weight is 299 g/mol. The summed E-state index contributed by atoms with van der Waals surface area (Å²) in [5.74, 6) is 0.240. The zero-order chi connectivity index (χ0) is 12.5. The molecule has 2 nitrogen and oxygen atoms in total. The highest BCUT2D eigenvalue weighted by atomic mass is 79.9. The van der Waals surface area contributed by atoms with Gasteiger partial charge in [-0.25, -0.2) is 0 Å². The molecule has 0 fully saturated rings. The van der Waals surface area contributed by atoms with E-state index in [4.69, 9.17) is 4.74 Å². The molecule has 0 heterocycles. The molecule has 1 aromatic carbocycles. The molecule has 94 valence electrons. The fourth-order valence-corrected chi connectivity index (χ4v) is 1.72. The summed E-state index contributed by atoms with van der Waals surface area (Å²) in [6.45, 7) is 3.44. The highest BCUT2D eigenvalue weighted by Gasteiger charge is 2.03. The number of halogens is 1. The number of benzene rings is 1. The van der Waals surface area contributed by atoms with Crippen molar-refractivity contribution in [3.05, 3.63) is 34.3 Å². The van der Waals surface area contributed by atoms with E-state index in [2.05, 4.69) is 22.9 Å². The van der Waals surface area contributed by atoms with E-state index in [0.717, 1.165) is 29.5 Å². The molecular weight excluding hydrogens is 280 g/mol. The minimum absolute atomic E-state index is 0.240. The summed E-state index contributed by atoms with van der Waals surface area (Å²) in [6, 6.07) is 7.86. The Morgan fingerprint density at radius 1 is 1.24 bits per heavy atom. The third kappa shape index (κ3) is 6.59. The number of rotatable bonds is 8. The third-order valence-electron chi connectivity index (χ3n) is 2.48. The molecule has 0 atom stereocenters. The van der Waals surface area contributed by atoms with Crippen molar-refractivity contribution >= 4 is 21.7 Å². The first kappa shape index (κ1) is 14.4. The predicted molar refractivity (Wildman–Crippen MR) is 73.2 cm³/mol. The normalized spacial score (nSPS) is 10.5. The fourth-order valence-electron chi connectivity index (χ4n) is 1.45. The largest absolute Gasteiger partial charge is 0.381 e. The maximum absolute atomic E-state index is 11.6. The van der Waals surface area contributed by atoms with Crippen LogP contribution in [-0.2, 0) is 16.0 Å². The molecule has 0 amide bonds. The van der Waals surface area contributed by atoms with Crippen LogP contribution in [0.15, 0.2) is 28.7 Å². The SMILES string of the molecule is CCCCOCCC(=O)Cc1ccc(Br)cc1. The lowest BCUT2D eigenvalue weighted by Crippen LogP contribution is -2.07. The highest BCUT2D eigenvalue weighted by molar-refractivity contribution is 9.10. The van der Waals surface area contributed by atoms with Gasteiger partial charge in [-0.1, -0.05) is 41.4 Å². The molecule has 17 heavy (non-hydrogen) atoms. The van der Waals surface area contributed by atoms with Crippen LogP contribution in [0.3, 0.4) is 0 Å². The summed E-state index contributed by atoms with van der Waals surface area (Å²) in [7, 11) is 0. The molecule has 0 saturated carbocycles. The van der Waals surface area contributed by atoms with Crippen LogP contribution in [0.4, 0.5) is 0 Å². The Kier molecular flexibility index (Phi) is 7.13. The lowest BCUT2D eigenvalue weighted by atomic mass is 10.1. The highest BCUT2D eigenvalue weighted by Crippen LogP contribution is 2.11. The number of hydrogen-bond acceptors (Lipinski definition) is 2. The van der Waals surface area contributed by atoms with E-state index >= 15 is 0 Å². The molecule has 0 aliphatic carbocycles. The first-order chi connectivity index (χ1) is 8.22. The number of Topliss-reactive ketones (excluding diaryl/α,β-unsaturated/α-hetero) is 1. The van der Waals surface area contributed by atoms with Crippen LogP contribution in [0.25, 0.3) is 0 Å². The van der Waals surface area contributed by atoms with Crippen molar-refractivity contribution < 1.29 is 9.53 Å². The zero-order valence-corrected chi connectivity index (χ0v) is 11.8. The average Bonchev–Trinajstić information content (AvgIpc) is 2.32. The van der Waals surface area contributed by atoms with Gasteiger partial charge in [-0.2, -0.15) is 0 Å². The standard InChI is InChI=1S/C14H19BrO2/c1-2-3-9-17-10-8-14(16)11-12-4-6-13(15)7-5-12/h4-7H,2-3,8-11H2,1H3. The summed E-state index contributed by atoms with van der Waals surface area (Å²) in [5, 5.41) is 0. The predicted octanol–water partition coefficient (Wildman–Crippen LogP) is 3.77. The van der Waals surface area contributed by atoms with Gasteiger partial charge in [0.15, 0.2) is 0 Å². The Bertz CT molecular complexity index is 333. The van der Waals surface area contributed by atoms with Crippen LogP contribution >= 0.6 is 15.9 Å². The van der Waals surface area contributed by atoms with Crippen molar-refractivity contribution in [1.29, 1.82) is 0 Å². The quantitative estimate of drug-likeness (QED) is 0.683. The lowest BCUT2D eigenvalue weighted by molar-refractivity contribution is -0.119. The molecule has 0 radical (unpaired) electrons. The van der Waals surface area contributed by atoms with Gasteiger partial charge in [0.25, 0.3) is 0 Å². The van der Waals surface area contributed by atoms with Crippen LogP contribution in [0.2, 0.25) is 0 Å². The molecule has 0 bridgehead atoms. The van der Waals surface area contributed by atoms with Crippen molar-refractivity contribution in [2.75, 3.05) is 13.2 Å². The Hall–Kier alpha value is -0.670. The second-order valence-electron chi connectivity index (χ2n) is 4.06. The number of ether oxygens (including phenoxy) is 1. The van der Waals surface area contributed by atoms with Gasteiger partial charge in [0.1, 0.15) is 5.78 Å². The number of ketones is 1. The summed E-state index contributed by atoms with van der Waals surface area (Å²) < 4.78 is 6.41. The monoisotopic (exact) mass is 298 g/mol. The molecule has 0 aliphatic rings. The molecule has 0 unspecified atom stereocenters. The van der Waals surface area contributed by atoms with Gasteiger partial charge in [-0.3, -0.25) is 4.79 Å². The van der Waals surface area contributed by atoms with E-state index < -0.39 is 0 Å². The van der Waals surface area contributed by atoms with E-state index in [0.29, 0.717) is 19.4 Å². The van der Waals surface area contributed by atoms with Crippen LogP contribution in [0.1, 0.15) is 31.7 Å². The maximum atomic E-state index is 11.6. The molecule has 0 N–H and O–H groups in total. The van der Waals surface area contributed by atoms with E-state index in [1.54, 1.807) is 0 Å². The maximum Gasteiger partial charge on any atom is 0.139 e. The van der Waals surface area contributed by atoms with Crippen molar-refractivity contribution in [3.8, 4) is 0 Å². The smallest absolute Gasteiger partial charge is 0.139 e. The van der Waals surface area contributed by atoms with Gasteiger partial charge in [-0.05, 0) is 24.1 Å². The minimum Gasteiger partial charge on any atom is -0.381 e. The van der Waals surface area contributed by atoms with Gasteiger partial charge in [0, 0.05) is 23.9 Å². The summed E-state index contributed by atoms with van der Waals surface area (Å²) >= 11 is 3.37. The van der Waals surface area contributed by atoms with E-state index in [1.165, 1.54) is 0 Å². The topological polar surface area (TPSA) is 26.3 Å². The summed E-state index contributed by atoms with van der Waals surface area (Å²) in [5.41, 5.74) is 1.06. The van der Waals surface area contributed by atoms with Crippen LogP contribution in [0.5, 0.6) is 0 Å².